The van der Waals surface area contributed by atoms with Gasteiger partial charge in [-0.15, -0.1) is 11.3 Å². The van der Waals surface area contributed by atoms with Crippen molar-refractivity contribution in [3.63, 3.8) is 0 Å². The first-order valence-electron chi connectivity index (χ1n) is 7.59. The van der Waals surface area contributed by atoms with Gasteiger partial charge in [-0.2, -0.15) is 0 Å². The Balaban J connectivity index is 2.10. The maximum Gasteiger partial charge on any atom is 0.248 e. The van der Waals surface area contributed by atoms with Crippen LogP contribution in [0.15, 0.2) is 12.1 Å². The van der Waals surface area contributed by atoms with Crippen molar-refractivity contribution in [2.24, 2.45) is 0 Å². The molecule has 130 valence electrons. The second kappa shape index (κ2) is 7.53. The maximum atomic E-state index is 12.4. The number of aromatic nitrogens is 1. The number of amides is 1. The Morgan fingerprint density at radius 1 is 1.17 bits per heavy atom. The van der Waals surface area contributed by atoms with Crippen LogP contribution in [0.2, 0.25) is 0 Å². The van der Waals surface area contributed by atoms with Crippen molar-refractivity contribution in [2.45, 2.75) is 33.7 Å². The van der Waals surface area contributed by atoms with Crippen molar-refractivity contribution in [1.29, 1.82) is 0 Å². The average molecular weight is 349 g/mol. The van der Waals surface area contributed by atoms with Crippen LogP contribution in [0.1, 0.15) is 23.1 Å². The van der Waals surface area contributed by atoms with Crippen molar-refractivity contribution in [2.75, 3.05) is 24.9 Å². The van der Waals surface area contributed by atoms with Gasteiger partial charge < -0.3 is 20.1 Å². The lowest BCUT2D eigenvalue weighted by Gasteiger charge is -2.18. The van der Waals surface area contributed by atoms with E-state index < -0.39 is 6.04 Å². The third-order valence-corrected chi connectivity index (χ3v) is 4.74. The van der Waals surface area contributed by atoms with Crippen LogP contribution >= 0.6 is 11.3 Å². The van der Waals surface area contributed by atoms with Crippen molar-refractivity contribution >= 4 is 28.1 Å². The summed E-state index contributed by atoms with van der Waals surface area (Å²) in [7, 11) is 3.18. The highest BCUT2D eigenvalue weighted by Gasteiger charge is 2.17. The fourth-order valence-corrected chi connectivity index (χ4v) is 2.99. The number of aryl methyl sites for hydroxylation is 3. The first kappa shape index (κ1) is 18.1. The van der Waals surface area contributed by atoms with Crippen LogP contribution in [0.4, 0.5) is 10.8 Å². The predicted molar refractivity (Wildman–Crippen MR) is 97.6 cm³/mol. The van der Waals surface area contributed by atoms with Gasteiger partial charge >= 0.3 is 0 Å². The van der Waals surface area contributed by atoms with Gasteiger partial charge in [-0.3, -0.25) is 4.79 Å². The number of carbonyl (C=O) groups excluding carboxylic acids is 1. The zero-order valence-electron chi connectivity index (χ0n) is 14.8. The highest BCUT2D eigenvalue weighted by Crippen LogP contribution is 2.33. The topological polar surface area (TPSA) is 72.5 Å². The van der Waals surface area contributed by atoms with Crippen LogP contribution < -0.4 is 20.1 Å². The van der Waals surface area contributed by atoms with Gasteiger partial charge in [0.05, 0.1) is 19.9 Å². The van der Waals surface area contributed by atoms with E-state index in [0.717, 1.165) is 21.8 Å². The van der Waals surface area contributed by atoms with Gasteiger partial charge in [0.1, 0.15) is 6.04 Å². The Kier molecular flexibility index (Phi) is 5.66. The molecule has 0 spiro atoms. The monoisotopic (exact) mass is 349 g/mol. The molecule has 2 N–H and O–H groups in total. The summed E-state index contributed by atoms with van der Waals surface area (Å²) in [5, 5.41) is 6.67. The number of hydrogen-bond donors (Lipinski definition) is 2. The van der Waals surface area contributed by atoms with Gasteiger partial charge in [0.15, 0.2) is 16.6 Å². The molecule has 0 fully saturated rings. The molecule has 0 saturated heterocycles. The van der Waals surface area contributed by atoms with Crippen LogP contribution in [0.3, 0.4) is 0 Å². The van der Waals surface area contributed by atoms with Crippen LogP contribution in [-0.4, -0.2) is 31.2 Å². The Morgan fingerprint density at radius 2 is 1.79 bits per heavy atom. The minimum absolute atomic E-state index is 0.141. The van der Waals surface area contributed by atoms with Gasteiger partial charge in [0.2, 0.25) is 5.91 Å². The number of nitrogens with zero attached hydrogens (tertiary/aromatic N) is 1. The normalized spacial score (nSPS) is 11.8. The lowest BCUT2D eigenvalue weighted by Crippen LogP contribution is -2.32. The van der Waals surface area contributed by atoms with E-state index in [9.17, 15) is 4.79 Å². The lowest BCUT2D eigenvalue weighted by atomic mass is 10.1. The summed E-state index contributed by atoms with van der Waals surface area (Å²) in [5.74, 6) is 1.13. The summed E-state index contributed by atoms with van der Waals surface area (Å²) in [6.07, 6.45) is 0. The summed E-state index contributed by atoms with van der Waals surface area (Å²) in [5.41, 5.74) is 2.72. The number of methoxy groups -OCH3 is 2. The molecular formula is C17H23N3O3S. The standard InChI is InChI=1S/C17H23N3O3S/c1-9-7-14(22-5)15(23-6)8-13(9)18-11(3)16(21)20-17-19-10(2)12(4)24-17/h7-8,11,18H,1-6H3,(H,19,20,21). The second-order valence-electron chi connectivity index (χ2n) is 5.54. The van der Waals surface area contributed by atoms with Crippen LogP contribution in [-0.2, 0) is 4.79 Å². The van der Waals surface area contributed by atoms with Gasteiger partial charge in [-0.05, 0) is 39.3 Å². The molecule has 1 aromatic heterocycles. The molecule has 1 atom stereocenters. The van der Waals surface area contributed by atoms with Crippen molar-refractivity contribution in [3.05, 3.63) is 28.3 Å². The third-order valence-electron chi connectivity index (χ3n) is 3.75. The molecule has 6 nitrogen and oxygen atoms in total. The number of benzene rings is 1. The molecule has 2 rings (SSSR count). The number of anilines is 2. The molecule has 0 saturated carbocycles. The number of ether oxygens (including phenoxy) is 2. The average Bonchev–Trinajstić information content (AvgIpc) is 2.86. The van der Waals surface area contributed by atoms with Crippen molar-refractivity contribution in [3.8, 4) is 11.5 Å². The fraction of sp³-hybridized carbons (Fsp3) is 0.412. The molecule has 0 aliphatic carbocycles. The molecule has 0 aliphatic rings. The maximum absolute atomic E-state index is 12.4. The minimum Gasteiger partial charge on any atom is -0.493 e. The number of hydrogen-bond acceptors (Lipinski definition) is 6. The van der Waals surface area contributed by atoms with Gasteiger partial charge in [0.25, 0.3) is 0 Å². The van der Waals surface area contributed by atoms with E-state index >= 15 is 0 Å². The van der Waals surface area contributed by atoms with Gasteiger partial charge in [-0.1, -0.05) is 0 Å². The second-order valence-corrected chi connectivity index (χ2v) is 6.74. The summed E-state index contributed by atoms with van der Waals surface area (Å²) < 4.78 is 10.6. The van der Waals surface area contributed by atoms with E-state index in [2.05, 4.69) is 15.6 Å². The SMILES string of the molecule is COc1cc(C)c(NC(C)C(=O)Nc2nc(C)c(C)s2)cc1OC. The molecule has 0 aliphatic heterocycles. The zero-order chi connectivity index (χ0) is 17.9. The van der Waals surface area contributed by atoms with E-state index in [1.807, 2.05) is 32.9 Å². The molecular weight excluding hydrogens is 326 g/mol. The third kappa shape index (κ3) is 3.97. The number of thiazole rings is 1. The summed E-state index contributed by atoms with van der Waals surface area (Å²) in [6.45, 7) is 7.66. The highest BCUT2D eigenvalue weighted by molar-refractivity contribution is 7.15. The summed E-state index contributed by atoms with van der Waals surface area (Å²) >= 11 is 1.47. The molecule has 0 bridgehead atoms. The van der Waals surface area contributed by atoms with Crippen LogP contribution in [0.25, 0.3) is 0 Å². The lowest BCUT2D eigenvalue weighted by molar-refractivity contribution is -0.116. The zero-order valence-corrected chi connectivity index (χ0v) is 15.6. The van der Waals surface area contributed by atoms with Crippen LogP contribution in [0, 0.1) is 20.8 Å². The molecule has 1 amide bonds. The smallest absolute Gasteiger partial charge is 0.248 e. The van der Waals surface area contributed by atoms with E-state index in [4.69, 9.17) is 9.47 Å². The highest BCUT2D eigenvalue weighted by atomic mass is 32.1. The summed E-state index contributed by atoms with van der Waals surface area (Å²) in [4.78, 5) is 17.8. The quantitative estimate of drug-likeness (QED) is 0.835. The van der Waals surface area contributed by atoms with E-state index in [1.54, 1.807) is 21.1 Å². The Hall–Kier alpha value is -2.28. The molecule has 2 aromatic rings. The molecule has 7 heteroatoms. The molecule has 1 heterocycles. The molecule has 1 aromatic carbocycles. The van der Waals surface area contributed by atoms with Crippen molar-refractivity contribution in [1.82, 2.24) is 4.98 Å². The van der Waals surface area contributed by atoms with Crippen LogP contribution in [0.5, 0.6) is 11.5 Å². The number of rotatable bonds is 6. The molecule has 1 unspecified atom stereocenters. The Bertz CT molecular complexity index is 723. The number of nitrogens with one attached hydrogen (secondary N) is 2. The molecule has 0 radical (unpaired) electrons. The van der Waals surface area contributed by atoms with E-state index in [-0.39, 0.29) is 5.91 Å². The van der Waals surface area contributed by atoms with Gasteiger partial charge in [0, 0.05) is 16.6 Å². The largest absolute Gasteiger partial charge is 0.493 e. The predicted octanol–water partition coefficient (Wildman–Crippen LogP) is 3.52. The minimum atomic E-state index is -0.425. The first-order valence-corrected chi connectivity index (χ1v) is 8.41. The van der Waals surface area contributed by atoms with Gasteiger partial charge in [-0.25, -0.2) is 4.98 Å². The summed E-state index contributed by atoms with van der Waals surface area (Å²) in [6, 6.07) is 3.28. The fourth-order valence-electron chi connectivity index (χ4n) is 2.17. The van der Waals surface area contributed by atoms with Crippen molar-refractivity contribution < 1.29 is 14.3 Å². The Labute approximate surface area is 146 Å². The van der Waals surface area contributed by atoms with E-state index in [1.165, 1.54) is 11.3 Å². The Morgan fingerprint density at radius 3 is 2.33 bits per heavy atom. The number of carbonyl (C=O) groups is 1. The van der Waals surface area contributed by atoms with E-state index in [0.29, 0.717) is 16.6 Å². The molecule has 24 heavy (non-hydrogen) atoms. The first-order chi connectivity index (χ1) is 11.3.